The molecule has 1 heterocycles. The second-order valence-corrected chi connectivity index (χ2v) is 7.62. The molecule has 1 aliphatic rings. The van der Waals surface area contributed by atoms with Crippen LogP contribution in [0, 0.1) is 31.1 Å². The summed E-state index contributed by atoms with van der Waals surface area (Å²) >= 11 is 6.36. The van der Waals surface area contributed by atoms with Crippen molar-refractivity contribution in [3.63, 3.8) is 0 Å². The van der Waals surface area contributed by atoms with Crippen molar-refractivity contribution in [2.24, 2.45) is 5.92 Å². The summed E-state index contributed by atoms with van der Waals surface area (Å²) in [5.41, 5.74) is 11.8. The summed E-state index contributed by atoms with van der Waals surface area (Å²) in [4.78, 5) is 4.15. The van der Waals surface area contributed by atoms with Crippen molar-refractivity contribution in [3.05, 3.63) is 63.4 Å². The molecule has 2 aromatic rings. The fourth-order valence-corrected chi connectivity index (χ4v) is 3.29. The summed E-state index contributed by atoms with van der Waals surface area (Å²) in [6.45, 7) is 8.33. The molecule has 27 heavy (non-hydrogen) atoms. The van der Waals surface area contributed by atoms with Gasteiger partial charge in [-0.3, -0.25) is 4.98 Å². The Morgan fingerprint density at radius 3 is 2.44 bits per heavy atom. The number of benzene rings is 1. The molecule has 1 aromatic heterocycles. The molecule has 1 aromatic carbocycles. The lowest BCUT2D eigenvalue weighted by molar-refractivity contribution is 0.346. The number of rotatable bonds is 3. The predicted octanol–water partition coefficient (Wildman–Crippen LogP) is 6.45. The first-order chi connectivity index (χ1) is 12.9. The number of hydrogen-bond donors (Lipinski definition) is 1. The van der Waals surface area contributed by atoms with Crippen LogP contribution in [0.5, 0.6) is 0 Å². The molecule has 0 spiro atoms. The quantitative estimate of drug-likeness (QED) is 0.663. The zero-order valence-electron chi connectivity index (χ0n) is 16.6. The molecule has 0 bridgehead atoms. The van der Waals surface area contributed by atoms with Gasteiger partial charge in [-0.25, -0.2) is 0 Å². The number of hydrogen-bond acceptors (Lipinski definition) is 3. The largest absolute Gasteiger partial charge is 0.396 e. The van der Waals surface area contributed by atoms with Crippen LogP contribution in [0.2, 0.25) is 5.02 Å². The second-order valence-electron chi connectivity index (χ2n) is 7.25. The highest BCUT2D eigenvalue weighted by Gasteiger charge is 2.15. The first-order valence-electron chi connectivity index (χ1n) is 9.50. The Labute approximate surface area is 167 Å². The molecule has 142 valence electrons. The average molecular weight is 382 g/mol. The van der Waals surface area contributed by atoms with E-state index in [0.717, 1.165) is 40.2 Å². The van der Waals surface area contributed by atoms with E-state index in [1.165, 1.54) is 25.5 Å². The molecule has 0 atom stereocenters. The van der Waals surface area contributed by atoms with Crippen LogP contribution in [0.3, 0.4) is 0 Å². The number of anilines is 1. The Hall–Kier alpha value is -2.31. The summed E-state index contributed by atoms with van der Waals surface area (Å²) in [7, 11) is 0. The number of nitrogens with zero attached hydrogens (tertiary/aromatic N) is 2. The van der Waals surface area contributed by atoms with Gasteiger partial charge in [0.05, 0.1) is 28.5 Å². The predicted molar refractivity (Wildman–Crippen MR) is 115 cm³/mol. The normalized spacial score (nSPS) is 14.0. The molecule has 1 saturated carbocycles. The standard InChI is InChI=1S/C18H18ClN3.C5H10/c1-4-5-14(16-9-22-10-17(21)18(16)19)15-7-13(8-20)11(2)6-12(15)3;1-5-3-2-4-5/h5-7,9-10H,4,21H2,1-3H3;5H,2-4H2,1H3/b14-5+;. The number of pyridine rings is 1. The maximum Gasteiger partial charge on any atom is 0.0994 e. The summed E-state index contributed by atoms with van der Waals surface area (Å²) in [6, 6.07) is 6.16. The minimum Gasteiger partial charge on any atom is -0.396 e. The highest BCUT2D eigenvalue weighted by Crippen LogP contribution is 2.34. The molecule has 0 amide bonds. The molecular weight excluding hydrogens is 354 g/mol. The Morgan fingerprint density at radius 2 is 1.93 bits per heavy atom. The van der Waals surface area contributed by atoms with Crippen molar-refractivity contribution in [3.8, 4) is 6.07 Å². The first-order valence-corrected chi connectivity index (χ1v) is 9.88. The van der Waals surface area contributed by atoms with Gasteiger partial charge in [-0.2, -0.15) is 5.26 Å². The molecule has 1 aliphatic carbocycles. The van der Waals surface area contributed by atoms with Crippen molar-refractivity contribution in [2.45, 2.75) is 53.4 Å². The van der Waals surface area contributed by atoms with E-state index in [-0.39, 0.29) is 0 Å². The molecule has 0 unspecified atom stereocenters. The van der Waals surface area contributed by atoms with Crippen LogP contribution in [-0.4, -0.2) is 4.98 Å². The van der Waals surface area contributed by atoms with Crippen LogP contribution < -0.4 is 5.73 Å². The molecule has 0 radical (unpaired) electrons. The van der Waals surface area contributed by atoms with E-state index in [1.807, 2.05) is 26.0 Å². The summed E-state index contributed by atoms with van der Waals surface area (Å²) in [5.74, 6) is 1.06. The van der Waals surface area contributed by atoms with Crippen LogP contribution >= 0.6 is 11.6 Å². The van der Waals surface area contributed by atoms with Crippen molar-refractivity contribution in [2.75, 3.05) is 5.73 Å². The van der Waals surface area contributed by atoms with Crippen LogP contribution in [0.15, 0.2) is 30.6 Å². The van der Waals surface area contributed by atoms with Crippen molar-refractivity contribution >= 4 is 22.9 Å². The van der Waals surface area contributed by atoms with E-state index in [2.05, 4.69) is 31.0 Å². The van der Waals surface area contributed by atoms with Crippen molar-refractivity contribution in [1.82, 2.24) is 4.98 Å². The smallest absolute Gasteiger partial charge is 0.0994 e. The third kappa shape index (κ3) is 5.11. The summed E-state index contributed by atoms with van der Waals surface area (Å²) in [6.07, 6.45) is 10.6. The second kappa shape index (κ2) is 9.58. The zero-order valence-corrected chi connectivity index (χ0v) is 17.4. The number of nitriles is 1. The lowest BCUT2D eigenvalue weighted by Gasteiger charge is -2.18. The lowest BCUT2D eigenvalue weighted by Crippen LogP contribution is -2.04. The molecule has 3 rings (SSSR count). The Bertz CT molecular complexity index is 874. The SMILES string of the molecule is CC/C=C(\c1cc(C#N)c(C)cc1C)c1cncc(N)c1Cl.CC1CCC1. The Morgan fingerprint density at radius 1 is 1.26 bits per heavy atom. The van der Waals surface area contributed by atoms with Gasteiger partial charge in [-0.15, -0.1) is 0 Å². The maximum absolute atomic E-state index is 9.29. The van der Waals surface area contributed by atoms with Crippen LogP contribution in [0.25, 0.3) is 5.57 Å². The molecular formula is C23H28ClN3. The first kappa shape index (κ1) is 21.0. The fourth-order valence-electron chi connectivity index (χ4n) is 3.09. The molecule has 1 fully saturated rings. The van der Waals surface area contributed by atoms with Gasteiger partial charge >= 0.3 is 0 Å². The number of allylic oxidation sites excluding steroid dienone is 1. The summed E-state index contributed by atoms with van der Waals surface area (Å²) in [5, 5.41) is 9.78. The van der Waals surface area contributed by atoms with E-state index >= 15 is 0 Å². The number of nitrogen functional groups attached to an aromatic ring is 1. The molecule has 2 N–H and O–H groups in total. The van der Waals surface area contributed by atoms with Gasteiger partial charge in [0.1, 0.15) is 0 Å². The maximum atomic E-state index is 9.29. The topological polar surface area (TPSA) is 62.7 Å². The van der Waals surface area contributed by atoms with E-state index < -0.39 is 0 Å². The van der Waals surface area contributed by atoms with E-state index in [1.54, 1.807) is 6.20 Å². The van der Waals surface area contributed by atoms with Gasteiger partial charge in [0.25, 0.3) is 0 Å². The minimum atomic E-state index is 0.450. The molecule has 0 aliphatic heterocycles. The number of halogens is 1. The van der Waals surface area contributed by atoms with Gasteiger partial charge in [0.2, 0.25) is 0 Å². The van der Waals surface area contributed by atoms with Gasteiger partial charge < -0.3 is 5.73 Å². The number of aryl methyl sites for hydroxylation is 2. The van der Waals surface area contributed by atoms with Gasteiger partial charge in [0.15, 0.2) is 0 Å². The highest BCUT2D eigenvalue weighted by atomic mass is 35.5. The van der Waals surface area contributed by atoms with Crippen LogP contribution in [0.1, 0.15) is 67.3 Å². The fraction of sp³-hybridized carbons (Fsp3) is 0.391. The minimum absolute atomic E-state index is 0.450. The van der Waals surface area contributed by atoms with E-state index in [0.29, 0.717) is 16.3 Å². The van der Waals surface area contributed by atoms with Gasteiger partial charge in [-0.05, 0) is 54.5 Å². The number of aromatic nitrogens is 1. The Kier molecular flexibility index (Phi) is 7.45. The monoisotopic (exact) mass is 381 g/mol. The Balaban J connectivity index is 0.000000451. The van der Waals surface area contributed by atoms with Gasteiger partial charge in [0, 0.05) is 11.8 Å². The number of nitrogens with two attached hydrogens (primary N) is 1. The highest BCUT2D eigenvalue weighted by molar-refractivity contribution is 6.35. The average Bonchev–Trinajstić information content (AvgIpc) is 2.62. The molecule has 3 nitrogen and oxygen atoms in total. The molecule has 0 saturated heterocycles. The van der Waals surface area contributed by atoms with Crippen LogP contribution in [-0.2, 0) is 0 Å². The van der Waals surface area contributed by atoms with Crippen molar-refractivity contribution < 1.29 is 0 Å². The third-order valence-electron chi connectivity index (χ3n) is 4.98. The van der Waals surface area contributed by atoms with E-state index in [9.17, 15) is 5.26 Å². The molecule has 4 heteroatoms. The van der Waals surface area contributed by atoms with Gasteiger partial charge in [-0.1, -0.05) is 56.9 Å². The van der Waals surface area contributed by atoms with Crippen LogP contribution in [0.4, 0.5) is 5.69 Å². The summed E-state index contributed by atoms with van der Waals surface area (Å²) < 4.78 is 0. The lowest BCUT2D eigenvalue weighted by atomic mass is 9.88. The van der Waals surface area contributed by atoms with Crippen molar-refractivity contribution in [1.29, 1.82) is 5.26 Å². The van der Waals surface area contributed by atoms with E-state index in [4.69, 9.17) is 17.3 Å². The third-order valence-corrected chi connectivity index (χ3v) is 5.40. The zero-order chi connectivity index (χ0) is 20.0.